The first-order valence-electron chi connectivity index (χ1n) is 20.2. The van der Waals surface area contributed by atoms with Crippen molar-refractivity contribution in [1.82, 2.24) is 9.97 Å². The summed E-state index contributed by atoms with van der Waals surface area (Å²) in [4.78, 5) is 11.1. The molecule has 0 spiro atoms. The fourth-order valence-electron chi connectivity index (χ4n) is 9.36. The Kier molecular flexibility index (Phi) is 8.36. The van der Waals surface area contributed by atoms with Crippen LogP contribution in [0.4, 0.5) is 0 Å². The number of aromatic nitrogens is 2. The molecule has 278 valence electrons. The molecule has 0 N–H and O–H groups in total. The fraction of sp³-hybridized carbons (Fsp3) is 0.0357. The molecule has 3 aliphatic carbocycles. The van der Waals surface area contributed by atoms with Gasteiger partial charge in [0, 0.05) is 22.6 Å². The molecule has 0 saturated heterocycles. The van der Waals surface area contributed by atoms with E-state index in [0.717, 1.165) is 94.8 Å². The summed E-state index contributed by atoms with van der Waals surface area (Å²) >= 11 is 0. The minimum Gasteiger partial charge on any atom is -0.232 e. The average Bonchev–Trinajstić information content (AvgIpc) is 3.33. The van der Waals surface area contributed by atoms with Crippen molar-refractivity contribution in [1.29, 1.82) is 10.5 Å². The van der Waals surface area contributed by atoms with Crippen LogP contribution in [0.15, 0.2) is 194 Å². The van der Waals surface area contributed by atoms with Crippen molar-refractivity contribution in [2.45, 2.75) is 11.8 Å². The maximum atomic E-state index is 10.7. The molecule has 12 rings (SSSR count). The summed E-state index contributed by atoms with van der Waals surface area (Å²) in [7, 11) is 0. The SMILES string of the molecule is N#Cc1cc2c(cc1-c1ccccc1)C1c3cc(-c4ccccc4)c(C#N)cc3C2c2nc(-c3ccc(-c4ccccc4)cc3)nc(-c3cccc(-c4ccccc4)c3)c21. The van der Waals surface area contributed by atoms with Crippen LogP contribution in [0.5, 0.6) is 0 Å². The lowest BCUT2D eigenvalue weighted by atomic mass is 9.60. The van der Waals surface area contributed by atoms with Crippen molar-refractivity contribution < 1.29 is 0 Å². The molecule has 0 unspecified atom stereocenters. The monoisotopic (exact) mass is 762 g/mol. The van der Waals surface area contributed by atoms with Gasteiger partial charge in [-0.2, -0.15) is 10.5 Å². The Morgan fingerprint density at radius 1 is 0.350 bits per heavy atom. The first-order chi connectivity index (χ1) is 29.7. The van der Waals surface area contributed by atoms with Gasteiger partial charge in [0.2, 0.25) is 0 Å². The second-order valence-corrected chi connectivity index (χ2v) is 15.5. The van der Waals surface area contributed by atoms with Gasteiger partial charge >= 0.3 is 0 Å². The van der Waals surface area contributed by atoms with Gasteiger partial charge in [0.25, 0.3) is 0 Å². The lowest BCUT2D eigenvalue weighted by Crippen LogP contribution is -2.30. The van der Waals surface area contributed by atoms with Gasteiger partial charge in [-0.05, 0) is 97.1 Å². The molecule has 60 heavy (non-hydrogen) atoms. The van der Waals surface area contributed by atoms with E-state index in [4.69, 9.17) is 9.97 Å². The zero-order valence-corrected chi connectivity index (χ0v) is 32.4. The molecule has 0 fully saturated rings. The first kappa shape index (κ1) is 35.0. The van der Waals surface area contributed by atoms with Gasteiger partial charge in [-0.1, -0.05) is 164 Å². The third-order valence-electron chi connectivity index (χ3n) is 12.1. The van der Waals surface area contributed by atoms with Gasteiger partial charge in [0.15, 0.2) is 5.82 Å². The molecule has 0 radical (unpaired) electrons. The van der Waals surface area contributed by atoms with Gasteiger partial charge in [0.1, 0.15) is 0 Å². The maximum Gasteiger partial charge on any atom is 0.160 e. The molecule has 2 bridgehead atoms. The topological polar surface area (TPSA) is 73.4 Å². The van der Waals surface area contributed by atoms with E-state index in [-0.39, 0.29) is 11.8 Å². The Balaban J connectivity index is 1.20. The third-order valence-corrected chi connectivity index (χ3v) is 12.1. The largest absolute Gasteiger partial charge is 0.232 e. The maximum absolute atomic E-state index is 10.7. The van der Waals surface area contributed by atoms with Crippen LogP contribution in [-0.4, -0.2) is 9.97 Å². The zero-order valence-electron chi connectivity index (χ0n) is 32.4. The van der Waals surface area contributed by atoms with Gasteiger partial charge < -0.3 is 0 Å². The van der Waals surface area contributed by atoms with Gasteiger partial charge in [-0.25, -0.2) is 9.97 Å². The van der Waals surface area contributed by atoms with Crippen LogP contribution in [0.1, 0.15) is 56.5 Å². The molecular weight excluding hydrogens is 729 g/mol. The Morgan fingerprint density at radius 3 is 1.28 bits per heavy atom. The van der Waals surface area contributed by atoms with E-state index in [2.05, 4.69) is 158 Å². The van der Waals surface area contributed by atoms with Crippen molar-refractivity contribution >= 4 is 0 Å². The van der Waals surface area contributed by atoms with Crippen molar-refractivity contribution in [3.63, 3.8) is 0 Å². The van der Waals surface area contributed by atoms with Gasteiger partial charge in [0.05, 0.1) is 40.6 Å². The summed E-state index contributed by atoms with van der Waals surface area (Å²) < 4.78 is 0. The van der Waals surface area contributed by atoms with Crippen molar-refractivity contribution in [3.8, 4) is 79.3 Å². The van der Waals surface area contributed by atoms with Crippen LogP contribution < -0.4 is 0 Å². The average molecular weight is 763 g/mol. The standard InChI is InChI=1S/C56H34N4/c57-33-43-29-47-49(31-45(43)38-18-9-3-10-19-38)51-50-32-46(39-20-11-4-12-21-39)44(34-58)30-48(50)52(47)55-53(51)54(42-23-13-22-41(28-42)36-16-7-2-8-17-36)59-56(60-55)40-26-24-37(25-27-40)35-14-5-1-6-15-35/h1-32,51-52H. The quantitative estimate of drug-likeness (QED) is 0.169. The molecule has 9 aromatic rings. The summed E-state index contributed by atoms with van der Waals surface area (Å²) in [5.74, 6) is 0.0162. The molecule has 4 heteroatoms. The van der Waals surface area contributed by atoms with Crippen LogP contribution in [0.2, 0.25) is 0 Å². The summed E-state index contributed by atoms with van der Waals surface area (Å²) in [6.07, 6.45) is 0. The normalized spacial score (nSPS) is 14.3. The number of nitriles is 2. The Hall–Kier alpha value is -8.18. The summed E-state index contributed by atoms with van der Waals surface area (Å²) in [6.45, 7) is 0. The molecule has 1 heterocycles. The highest BCUT2D eigenvalue weighted by atomic mass is 14.9. The molecule has 0 atom stereocenters. The molecule has 4 nitrogen and oxygen atoms in total. The zero-order chi connectivity index (χ0) is 40.2. The van der Waals surface area contributed by atoms with Crippen LogP contribution >= 0.6 is 0 Å². The van der Waals surface area contributed by atoms with Crippen LogP contribution in [0, 0.1) is 22.7 Å². The molecule has 0 saturated carbocycles. The molecular formula is C56H34N4. The first-order valence-corrected chi connectivity index (χ1v) is 20.2. The smallest absolute Gasteiger partial charge is 0.160 e. The number of hydrogen-bond acceptors (Lipinski definition) is 4. The van der Waals surface area contributed by atoms with Gasteiger partial charge in [-0.3, -0.25) is 0 Å². The van der Waals surface area contributed by atoms with Crippen LogP contribution in [0.3, 0.4) is 0 Å². The van der Waals surface area contributed by atoms with E-state index < -0.39 is 0 Å². The number of hydrogen-bond donors (Lipinski definition) is 0. The minimum absolute atomic E-state index is 0.273. The van der Waals surface area contributed by atoms with Gasteiger partial charge in [-0.15, -0.1) is 0 Å². The number of rotatable bonds is 6. The van der Waals surface area contributed by atoms with E-state index in [9.17, 15) is 10.5 Å². The lowest BCUT2D eigenvalue weighted by Gasteiger charge is -2.43. The van der Waals surface area contributed by atoms with E-state index in [1.807, 2.05) is 48.5 Å². The Bertz CT molecular complexity index is 3090. The fourth-order valence-corrected chi connectivity index (χ4v) is 9.36. The van der Waals surface area contributed by atoms with Crippen LogP contribution in [0.25, 0.3) is 67.2 Å². The lowest BCUT2D eigenvalue weighted by molar-refractivity contribution is 0.722. The van der Waals surface area contributed by atoms with Crippen molar-refractivity contribution in [2.24, 2.45) is 0 Å². The van der Waals surface area contributed by atoms with E-state index >= 15 is 0 Å². The molecule has 1 aromatic heterocycles. The Labute approximate surface area is 349 Å². The molecule has 0 amide bonds. The van der Waals surface area contributed by atoms with E-state index in [1.54, 1.807) is 0 Å². The van der Waals surface area contributed by atoms with E-state index in [0.29, 0.717) is 17.0 Å². The van der Waals surface area contributed by atoms with E-state index in [1.165, 1.54) is 0 Å². The second kappa shape index (κ2) is 14.3. The van der Waals surface area contributed by atoms with Crippen molar-refractivity contribution in [3.05, 3.63) is 239 Å². The minimum atomic E-state index is -0.342. The summed E-state index contributed by atoms with van der Waals surface area (Å²) in [5.41, 5.74) is 18.6. The summed E-state index contributed by atoms with van der Waals surface area (Å²) in [6, 6.07) is 72.0. The molecule has 3 aliphatic rings. The predicted octanol–water partition coefficient (Wildman–Crippen LogP) is 13.2. The van der Waals surface area contributed by atoms with Crippen molar-refractivity contribution in [2.75, 3.05) is 0 Å². The molecule has 8 aromatic carbocycles. The summed E-state index contributed by atoms with van der Waals surface area (Å²) in [5, 5.41) is 21.4. The highest BCUT2D eigenvalue weighted by Gasteiger charge is 2.46. The second-order valence-electron chi connectivity index (χ2n) is 15.5. The van der Waals surface area contributed by atoms with Crippen LogP contribution in [-0.2, 0) is 0 Å². The third kappa shape index (κ3) is 5.74. The molecule has 0 aliphatic heterocycles. The number of benzene rings is 8. The predicted molar refractivity (Wildman–Crippen MR) is 239 cm³/mol. The highest BCUT2D eigenvalue weighted by Crippen LogP contribution is 2.59. The Morgan fingerprint density at radius 2 is 0.767 bits per heavy atom. The number of nitrogens with zero attached hydrogens (tertiary/aromatic N) is 4. The highest BCUT2D eigenvalue weighted by molar-refractivity contribution is 5.84.